The van der Waals surface area contributed by atoms with Crippen LogP contribution >= 0.6 is 0 Å². The molecule has 0 saturated carbocycles. The van der Waals surface area contributed by atoms with E-state index in [0.717, 1.165) is 40.9 Å². The van der Waals surface area contributed by atoms with Gasteiger partial charge in [0.1, 0.15) is 5.69 Å². The summed E-state index contributed by atoms with van der Waals surface area (Å²) in [6.45, 7) is 3.50. The van der Waals surface area contributed by atoms with Gasteiger partial charge in [-0.05, 0) is 25.2 Å². The van der Waals surface area contributed by atoms with Gasteiger partial charge in [-0.25, -0.2) is 0 Å². The average molecular weight is 380 g/mol. The third kappa shape index (κ3) is 3.15. The zero-order valence-electron chi connectivity index (χ0n) is 15.8. The largest absolute Gasteiger partial charge is 0.395 e. The average Bonchev–Trinajstić information content (AvgIpc) is 3.09. The van der Waals surface area contributed by atoms with E-state index >= 15 is 0 Å². The molecule has 1 aliphatic carbocycles. The number of nitrogens with zero attached hydrogens (tertiary/aromatic N) is 3. The maximum absolute atomic E-state index is 13.3. The maximum atomic E-state index is 13.3. The summed E-state index contributed by atoms with van der Waals surface area (Å²) < 4.78 is 1.92. The van der Waals surface area contributed by atoms with E-state index in [0.29, 0.717) is 30.8 Å². The molecule has 2 heterocycles. The van der Waals surface area contributed by atoms with Gasteiger partial charge in [0, 0.05) is 60.8 Å². The Morgan fingerprint density at radius 2 is 2.00 bits per heavy atom. The first-order valence-corrected chi connectivity index (χ1v) is 9.49. The SMILES string of the molecule is CNCCNc1ccc2c3c(nn2CCNCCO)-c2cnccc2C(=O)c13. The number of aromatic nitrogens is 3. The predicted octanol–water partition coefficient (Wildman–Crippen LogP) is 0.856. The van der Waals surface area contributed by atoms with Crippen LogP contribution in [0.4, 0.5) is 5.69 Å². The van der Waals surface area contributed by atoms with Crippen molar-refractivity contribution in [2.24, 2.45) is 0 Å². The molecule has 8 heteroatoms. The van der Waals surface area contributed by atoms with Crippen LogP contribution in [-0.4, -0.2) is 65.5 Å². The van der Waals surface area contributed by atoms with Crippen molar-refractivity contribution in [3.63, 3.8) is 0 Å². The Balaban J connectivity index is 1.82. The Morgan fingerprint density at radius 1 is 1.11 bits per heavy atom. The van der Waals surface area contributed by atoms with E-state index in [1.807, 2.05) is 23.9 Å². The highest BCUT2D eigenvalue weighted by molar-refractivity contribution is 6.27. The molecule has 0 radical (unpaired) electrons. The number of ketones is 1. The van der Waals surface area contributed by atoms with Gasteiger partial charge in [-0.15, -0.1) is 0 Å². The van der Waals surface area contributed by atoms with Crippen LogP contribution in [0.5, 0.6) is 0 Å². The van der Waals surface area contributed by atoms with Gasteiger partial charge in [0.25, 0.3) is 0 Å². The molecule has 1 aromatic carbocycles. The number of hydrogen-bond acceptors (Lipinski definition) is 7. The Kier molecular flexibility index (Phi) is 5.34. The number of hydrogen-bond donors (Lipinski definition) is 4. The number of likely N-dealkylation sites (N-methyl/N-ethyl adjacent to an activating group) is 1. The molecule has 0 spiro atoms. The van der Waals surface area contributed by atoms with Crippen molar-refractivity contribution in [2.75, 3.05) is 45.2 Å². The number of rotatable bonds is 9. The molecule has 0 atom stereocenters. The standard InChI is InChI=1S/C20H24N6O2/c1-21-6-7-24-15-2-3-16-18-17(15)20(28)13-4-5-23-12-14(13)19(18)25-26(16)10-8-22-9-11-27/h2-5,12,21-22,24,27H,6-11H2,1H3. The minimum atomic E-state index is 0.000383. The van der Waals surface area contributed by atoms with Gasteiger partial charge in [0.05, 0.1) is 24.2 Å². The zero-order valence-corrected chi connectivity index (χ0v) is 15.8. The van der Waals surface area contributed by atoms with E-state index < -0.39 is 0 Å². The summed E-state index contributed by atoms with van der Waals surface area (Å²) in [7, 11) is 1.90. The van der Waals surface area contributed by atoms with Crippen LogP contribution in [0.1, 0.15) is 15.9 Å². The number of anilines is 1. The quantitative estimate of drug-likeness (QED) is 0.319. The van der Waals surface area contributed by atoms with E-state index in [1.165, 1.54) is 0 Å². The van der Waals surface area contributed by atoms with Gasteiger partial charge < -0.3 is 21.1 Å². The van der Waals surface area contributed by atoms with Crippen LogP contribution < -0.4 is 16.0 Å². The number of pyridine rings is 1. The summed E-state index contributed by atoms with van der Waals surface area (Å²) in [6.07, 6.45) is 3.36. The van der Waals surface area contributed by atoms with E-state index in [2.05, 4.69) is 20.9 Å². The molecule has 0 saturated heterocycles. The summed E-state index contributed by atoms with van der Waals surface area (Å²) in [5.41, 5.74) is 4.64. The number of carbonyl (C=O) groups is 1. The number of aliphatic hydroxyl groups excluding tert-OH is 1. The maximum Gasteiger partial charge on any atom is 0.196 e. The smallest absolute Gasteiger partial charge is 0.196 e. The molecule has 0 fully saturated rings. The van der Waals surface area contributed by atoms with Gasteiger partial charge in [-0.1, -0.05) is 0 Å². The number of carbonyl (C=O) groups excluding carboxylic acids is 1. The normalized spacial score (nSPS) is 12.4. The van der Waals surface area contributed by atoms with Gasteiger partial charge in [0.15, 0.2) is 5.78 Å². The molecule has 0 unspecified atom stereocenters. The fourth-order valence-corrected chi connectivity index (χ4v) is 3.64. The van der Waals surface area contributed by atoms with Crippen LogP contribution in [0.2, 0.25) is 0 Å². The third-order valence-corrected chi connectivity index (χ3v) is 4.95. The molecule has 3 aromatic rings. The van der Waals surface area contributed by atoms with Crippen molar-refractivity contribution in [2.45, 2.75) is 6.54 Å². The van der Waals surface area contributed by atoms with Crippen LogP contribution in [-0.2, 0) is 6.54 Å². The molecule has 8 nitrogen and oxygen atoms in total. The molecule has 28 heavy (non-hydrogen) atoms. The summed E-state index contributed by atoms with van der Waals surface area (Å²) in [5.74, 6) is 0.000383. The number of nitrogens with one attached hydrogen (secondary N) is 3. The first kappa shape index (κ1) is 18.5. The zero-order chi connectivity index (χ0) is 19.5. The lowest BCUT2D eigenvalue weighted by Gasteiger charge is -2.18. The van der Waals surface area contributed by atoms with E-state index in [-0.39, 0.29) is 12.4 Å². The fraction of sp³-hybridized carbons (Fsp3) is 0.350. The Hall–Kier alpha value is -2.81. The van der Waals surface area contributed by atoms with Crippen molar-refractivity contribution in [1.82, 2.24) is 25.4 Å². The van der Waals surface area contributed by atoms with Crippen LogP contribution in [0.3, 0.4) is 0 Å². The molecule has 0 bridgehead atoms. The lowest BCUT2D eigenvalue weighted by Crippen LogP contribution is -2.23. The van der Waals surface area contributed by atoms with Crippen molar-refractivity contribution in [3.8, 4) is 11.3 Å². The number of benzene rings is 1. The van der Waals surface area contributed by atoms with Crippen LogP contribution in [0.25, 0.3) is 22.2 Å². The highest BCUT2D eigenvalue weighted by Gasteiger charge is 2.31. The predicted molar refractivity (Wildman–Crippen MR) is 109 cm³/mol. The molecule has 4 N–H and O–H groups in total. The first-order chi connectivity index (χ1) is 13.8. The second-order valence-electron chi connectivity index (χ2n) is 6.71. The lowest BCUT2D eigenvalue weighted by atomic mass is 9.87. The monoisotopic (exact) mass is 380 g/mol. The fourth-order valence-electron chi connectivity index (χ4n) is 3.64. The van der Waals surface area contributed by atoms with Gasteiger partial charge >= 0.3 is 0 Å². The van der Waals surface area contributed by atoms with E-state index in [1.54, 1.807) is 18.5 Å². The second kappa shape index (κ2) is 8.05. The third-order valence-electron chi connectivity index (χ3n) is 4.95. The molecule has 0 amide bonds. The van der Waals surface area contributed by atoms with Crippen molar-refractivity contribution >= 4 is 22.4 Å². The summed E-state index contributed by atoms with van der Waals surface area (Å²) in [6, 6.07) is 5.73. The highest BCUT2D eigenvalue weighted by atomic mass is 16.3. The van der Waals surface area contributed by atoms with Gasteiger partial charge in [-0.2, -0.15) is 5.10 Å². The minimum Gasteiger partial charge on any atom is -0.395 e. The lowest BCUT2D eigenvalue weighted by molar-refractivity contribution is 0.104. The van der Waals surface area contributed by atoms with Crippen LogP contribution in [0.15, 0.2) is 30.6 Å². The Labute approximate surface area is 163 Å². The molecule has 4 rings (SSSR count). The summed E-state index contributed by atoms with van der Waals surface area (Å²) >= 11 is 0. The van der Waals surface area contributed by atoms with Crippen molar-refractivity contribution < 1.29 is 9.90 Å². The number of fused-ring (bicyclic) bond motifs is 2. The molecule has 1 aliphatic rings. The first-order valence-electron chi connectivity index (χ1n) is 9.49. The molecular weight excluding hydrogens is 356 g/mol. The van der Waals surface area contributed by atoms with E-state index in [4.69, 9.17) is 10.2 Å². The Morgan fingerprint density at radius 3 is 2.82 bits per heavy atom. The van der Waals surface area contributed by atoms with E-state index in [9.17, 15) is 4.79 Å². The molecule has 146 valence electrons. The molecular formula is C20H24N6O2. The Bertz CT molecular complexity index is 1010. The molecule has 0 aliphatic heterocycles. The number of aliphatic hydroxyl groups is 1. The molecule has 2 aromatic heterocycles. The van der Waals surface area contributed by atoms with Gasteiger partial charge in [0.2, 0.25) is 0 Å². The second-order valence-corrected chi connectivity index (χ2v) is 6.71. The minimum absolute atomic E-state index is 0.000383. The van der Waals surface area contributed by atoms with Crippen molar-refractivity contribution in [3.05, 3.63) is 41.7 Å². The highest BCUT2D eigenvalue weighted by Crippen LogP contribution is 2.41. The topological polar surface area (TPSA) is 104 Å². The van der Waals surface area contributed by atoms with Crippen molar-refractivity contribution in [1.29, 1.82) is 0 Å². The summed E-state index contributed by atoms with van der Waals surface area (Å²) in [4.78, 5) is 17.5. The van der Waals surface area contributed by atoms with Gasteiger partial charge in [-0.3, -0.25) is 14.5 Å². The summed E-state index contributed by atoms with van der Waals surface area (Å²) in [5, 5.41) is 24.3. The van der Waals surface area contributed by atoms with Crippen LogP contribution in [0, 0.1) is 0 Å².